The van der Waals surface area contributed by atoms with Crippen molar-refractivity contribution in [3.63, 3.8) is 0 Å². The minimum Gasteiger partial charge on any atom is -0.330 e. The van der Waals surface area contributed by atoms with Crippen LogP contribution in [0, 0.1) is 0 Å². The number of aromatic nitrogens is 1. The predicted octanol–water partition coefficient (Wildman–Crippen LogP) is 1.42. The van der Waals surface area contributed by atoms with Crippen molar-refractivity contribution in [2.75, 3.05) is 12.3 Å². The highest BCUT2D eigenvalue weighted by Gasteiger charge is 2.18. The molecule has 0 aliphatic heterocycles. The van der Waals surface area contributed by atoms with Crippen molar-refractivity contribution in [2.45, 2.75) is 10.8 Å². The van der Waals surface area contributed by atoms with Crippen LogP contribution in [0.3, 0.4) is 0 Å². The first-order valence-corrected chi connectivity index (χ1v) is 7.39. The van der Waals surface area contributed by atoms with Gasteiger partial charge in [-0.05, 0) is 25.1 Å². The molecule has 2 aromatic rings. The second-order valence-corrected chi connectivity index (χ2v) is 6.72. The lowest BCUT2D eigenvalue weighted by molar-refractivity contribution is 0.593. The normalized spacial score (nSPS) is 12.1. The van der Waals surface area contributed by atoms with Gasteiger partial charge in [-0.15, -0.1) is 11.3 Å². The van der Waals surface area contributed by atoms with Crippen LogP contribution in [0.25, 0.3) is 10.2 Å². The average Bonchev–Trinajstić information content (AvgIpc) is 2.71. The van der Waals surface area contributed by atoms with Crippen molar-refractivity contribution in [3.8, 4) is 0 Å². The van der Waals surface area contributed by atoms with E-state index in [0.29, 0.717) is 13.0 Å². The molecule has 0 radical (unpaired) electrons. The maximum atomic E-state index is 11.9. The Morgan fingerprint density at radius 2 is 2.06 bits per heavy atom. The summed E-state index contributed by atoms with van der Waals surface area (Å²) in [7, 11) is -3.26. The van der Waals surface area contributed by atoms with E-state index >= 15 is 0 Å². The van der Waals surface area contributed by atoms with Gasteiger partial charge in [0.15, 0.2) is 0 Å². The number of nitrogens with zero attached hydrogens (tertiary/aromatic N) is 1. The fraction of sp³-hybridized carbons (Fsp3) is 0.300. The lowest BCUT2D eigenvalue weighted by Gasteiger charge is -1.97. The van der Waals surface area contributed by atoms with E-state index in [2.05, 4.69) is 4.98 Å². The Hall–Kier alpha value is -0.980. The molecule has 0 amide bonds. The maximum absolute atomic E-state index is 11.9. The van der Waals surface area contributed by atoms with Gasteiger partial charge in [-0.2, -0.15) is 0 Å². The van der Waals surface area contributed by atoms with Crippen LogP contribution in [0.15, 0.2) is 28.6 Å². The molecular weight excluding hydrogens is 244 g/mol. The average molecular weight is 256 g/mol. The summed E-state index contributed by atoms with van der Waals surface area (Å²) in [5.74, 6) is 0.0727. The highest BCUT2D eigenvalue weighted by atomic mass is 32.2. The van der Waals surface area contributed by atoms with Gasteiger partial charge in [0.2, 0.25) is 14.2 Å². The number of hydrogen-bond acceptors (Lipinski definition) is 5. The number of para-hydroxylation sites is 1. The fourth-order valence-electron chi connectivity index (χ4n) is 1.34. The Bertz CT molecular complexity index is 557. The molecule has 16 heavy (non-hydrogen) atoms. The molecule has 2 N–H and O–H groups in total. The maximum Gasteiger partial charge on any atom is 0.210 e. The first-order chi connectivity index (χ1) is 7.63. The molecule has 2 rings (SSSR count). The molecule has 4 nitrogen and oxygen atoms in total. The third-order valence-corrected chi connectivity index (χ3v) is 5.45. The Morgan fingerprint density at radius 1 is 1.31 bits per heavy atom. The van der Waals surface area contributed by atoms with E-state index in [4.69, 9.17) is 5.73 Å². The molecular formula is C10H12N2O2S2. The van der Waals surface area contributed by atoms with Gasteiger partial charge >= 0.3 is 0 Å². The predicted molar refractivity (Wildman–Crippen MR) is 65.3 cm³/mol. The van der Waals surface area contributed by atoms with Crippen molar-refractivity contribution in [1.82, 2.24) is 4.98 Å². The minimum absolute atomic E-state index is 0.0727. The Balaban J connectivity index is 2.40. The minimum atomic E-state index is -3.26. The second-order valence-electron chi connectivity index (χ2n) is 3.41. The van der Waals surface area contributed by atoms with E-state index in [1.807, 2.05) is 24.3 Å². The monoisotopic (exact) mass is 256 g/mol. The number of rotatable bonds is 4. The molecule has 1 heterocycles. The Labute approximate surface area is 98.0 Å². The van der Waals surface area contributed by atoms with Gasteiger partial charge in [-0.3, -0.25) is 0 Å². The zero-order valence-electron chi connectivity index (χ0n) is 8.59. The van der Waals surface area contributed by atoms with Crippen LogP contribution in [-0.4, -0.2) is 25.7 Å². The molecule has 86 valence electrons. The third-order valence-electron chi connectivity index (χ3n) is 2.16. The summed E-state index contributed by atoms with van der Waals surface area (Å²) >= 11 is 1.21. The number of fused-ring (bicyclic) bond motifs is 1. The van der Waals surface area contributed by atoms with Crippen LogP contribution < -0.4 is 5.73 Å². The number of benzene rings is 1. The third kappa shape index (κ3) is 2.23. The molecule has 0 saturated heterocycles. The van der Waals surface area contributed by atoms with Crippen LogP contribution in [0.5, 0.6) is 0 Å². The molecule has 0 atom stereocenters. The Morgan fingerprint density at radius 3 is 2.75 bits per heavy atom. The van der Waals surface area contributed by atoms with E-state index < -0.39 is 9.84 Å². The van der Waals surface area contributed by atoms with Crippen molar-refractivity contribution in [2.24, 2.45) is 5.73 Å². The van der Waals surface area contributed by atoms with Crippen molar-refractivity contribution in [3.05, 3.63) is 24.3 Å². The van der Waals surface area contributed by atoms with Gasteiger partial charge in [-0.1, -0.05) is 12.1 Å². The smallest absolute Gasteiger partial charge is 0.210 e. The van der Waals surface area contributed by atoms with Gasteiger partial charge < -0.3 is 5.73 Å². The van der Waals surface area contributed by atoms with Crippen LogP contribution in [0.1, 0.15) is 6.42 Å². The van der Waals surface area contributed by atoms with Crippen LogP contribution in [0.4, 0.5) is 0 Å². The molecule has 0 aliphatic carbocycles. The highest BCUT2D eigenvalue weighted by molar-refractivity contribution is 7.93. The van der Waals surface area contributed by atoms with Crippen molar-refractivity contribution in [1.29, 1.82) is 0 Å². The van der Waals surface area contributed by atoms with Crippen LogP contribution in [0.2, 0.25) is 0 Å². The zero-order valence-corrected chi connectivity index (χ0v) is 10.2. The molecule has 6 heteroatoms. The van der Waals surface area contributed by atoms with Crippen molar-refractivity contribution < 1.29 is 8.42 Å². The van der Waals surface area contributed by atoms with E-state index in [9.17, 15) is 8.42 Å². The van der Waals surface area contributed by atoms with Gasteiger partial charge in [0.25, 0.3) is 0 Å². The summed E-state index contributed by atoms with van der Waals surface area (Å²) in [6.07, 6.45) is 0.470. The summed E-state index contributed by atoms with van der Waals surface area (Å²) in [5.41, 5.74) is 6.04. The first kappa shape index (κ1) is 11.5. The molecule has 0 saturated carbocycles. The zero-order chi connectivity index (χ0) is 11.6. The van der Waals surface area contributed by atoms with E-state index in [0.717, 1.165) is 10.2 Å². The molecule has 0 bridgehead atoms. The molecule has 0 spiro atoms. The number of nitrogens with two attached hydrogens (primary N) is 1. The van der Waals surface area contributed by atoms with E-state index in [-0.39, 0.29) is 10.1 Å². The van der Waals surface area contributed by atoms with E-state index in [1.165, 1.54) is 11.3 Å². The lowest BCUT2D eigenvalue weighted by Crippen LogP contribution is -2.11. The van der Waals surface area contributed by atoms with Crippen molar-refractivity contribution >= 4 is 31.4 Å². The molecule has 0 fully saturated rings. The van der Waals surface area contributed by atoms with E-state index in [1.54, 1.807) is 0 Å². The molecule has 0 aliphatic rings. The highest BCUT2D eigenvalue weighted by Crippen LogP contribution is 2.25. The van der Waals surface area contributed by atoms with Gasteiger partial charge in [0.1, 0.15) is 0 Å². The van der Waals surface area contributed by atoms with Gasteiger partial charge in [-0.25, -0.2) is 13.4 Å². The quantitative estimate of drug-likeness (QED) is 0.898. The lowest BCUT2D eigenvalue weighted by atomic mass is 10.3. The number of sulfone groups is 1. The molecule has 0 unspecified atom stereocenters. The summed E-state index contributed by atoms with van der Waals surface area (Å²) in [5, 5.41) is 0. The van der Waals surface area contributed by atoms with Crippen LogP contribution in [-0.2, 0) is 9.84 Å². The molecule has 1 aromatic heterocycles. The Kier molecular flexibility index (Phi) is 3.22. The fourth-order valence-corrected chi connectivity index (χ4v) is 4.03. The largest absolute Gasteiger partial charge is 0.330 e. The van der Waals surface area contributed by atoms with Crippen LogP contribution >= 0.6 is 11.3 Å². The molecule has 1 aromatic carbocycles. The summed E-state index contributed by atoms with van der Waals surface area (Å²) < 4.78 is 24.8. The first-order valence-electron chi connectivity index (χ1n) is 4.92. The topological polar surface area (TPSA) is 73.1 Å². The second kappa shape index (κ2) is 4.48. The van der Waals surface area contributed by atoms with Gasteiger partial charge in [0, 0.05) is 0 Å². The standard InChI is InChI=1S/C10H12N2O2S2/c11-6-3-7-16(13,14)10-12-8-4-1-2-5-9(8)15-10/h1-2,4-5H,3,6-7,11H2. The number of thiazole rings is 1. The SMILES string of the molecule is NCCCS(=O)(=O)c1nc2ccccc2s1. The van der Waals surface area contributed by atoms with Gasteiger partial charge in [0.05, 0.1) is 16.0 Å². The number of hydrogen-bond donors (Lipinski definition) is 1. The summed E-state index contributed by atoms with van der Waals surface area (Å²) in [6, 6.07) is 7.40. The summed E-state index contributed by atoms with van der Waals surface area (Å²) in [6.45, 7) is 0.379. The summed E-state index contributed by atoms with van der Waals surface area (Å²) in [4.78, 5) is 4.13.